The number of hydrogen-bond acceptors (Lipinski definition) is 3. The molecule has 32 heavy (non-hydrogen) atoms. The first kappa shape index (κ1) is 23.1. The Labute approximate surface area is 197 Å². The van der Waals surface area contributed by atoms with Crippen molar-refractivity contribution in [2.75, 3.05) is 32.8 Å². The molecule has 0 aromatic heterocycles. The second kappa shape index (κ2) is 10.3. The summed E-state index contributed by atoms with van der Waals surface area (Å²) in [6.07, 6.45) is 3.91. The second-order valence-electron chi connectivity index (χ2n) is 9.96. The minimum Gasteiger partial charge on any atom is -0.493 e. The Morgan fingerprint density at radius 2 is 1.72 bits per heavy atom. The molecule has 172 valence electrons. The Morgan fingerprint density at radius 3 is 2.44 bits per heavy atom. The van der Waals surface area contributed by atoms with Gasteiger partial charge in [0.1, 0.15) is 5.75 Å². The molecule has 0 saturated carbocycles. The van der Waals surface area contributed by atoms with Crippen LogP contribution in [0.2, 0.25) is 5.02 Å². The number of piperidine rings is 1. The van der Waals surface area contributed by atoms with Crippen molar-refractivity contribution in [3.05, 3.63) is 64.7 Å². The highest BCUT2D eigenvalue weighted by atomic mass is 35.5. The van der Waals surface area contributed by atoms with Crippen LogP contribution in [0.15, 0.2) is 48.5 Å². The summed E-state index contributed by atoms with van der Waals surface area (Å²) in [6, 6.07) is 16.1. The van der Waals surface area contributed by atoms with E-state index in [-0.39, 0.29) is 5.91 Å². The lowest BCUT2D eigenvalue weighted by Gasteiger charge is -2.39. The van der Waals surface area contributed by atoms with Gasteiger partial charge in [-0.25, -0.2) is 0 Å². The van der Waals surface area contributed by atoms with Crippen LogP contribution in [-0.2, 0) is 17.8 Å². The van der Waals surface area contributed by atoms with Crippen molar-refractivity contribution < 1.29 is 9.53 Å². The van der Waals surface area contributed by atoms with E-state index < -0.39 is 0 Å². The van der Waals surface area contributed by atoms with Gasteiger partial charge in [0.2, 0.25) is 5.91 Å². The number of carbonyl (C=O) groups is 1. The average Bonchev–Trinajstić information content (AvgIpc) is 3.20. The van der Waals surface area contributed by atoms with E-state index in [1.807, 2.05) is 24.3 Å². The third kappa shape index (κ3) is 5.85. The van der Waals surface area contributed by atoms with Crippen LogP contribution < -0.4 is 4.74 Å². The lowest BCUT2D eigenvalue weighted by molar-refractivity contribution is -0.130. The average molecular weight is 455 g/mol. The fourth-order valence-corrected chi connectivity index (χ4v) is 5.03. The Balaban J connectivity index is 1.28. The maximum absolute atomic E-state index is 12.8. The summed E-state index contributed by atoms with van der Waals surface area (Å²) in [5, 5.41) is 0.710. The highest BCUT2D eigenvalue weighted by Crippen LogP contribution is 2.41. The Morgan fingerprint density at radius 1 is 1.03 bits per heavy atom. The van der Waals surface area contributed by atoms with Gasteiger partial charge in [-0.15, -0.1) is 0 Å². The summed E-state index contributed by atoms with van der Waals surface area (Å²) in [6.45, 7) is 9.99. The predicted octanol–water partition coefficient (Wildman–Crippen LogP) is 5.43. The van der Waals surface area contributed by atoms with Crippen molar-refractivity contribution in [2.24, 2.45) is 11.3 Å². The molecule has 0 bridgehead atoms. The molecule has 2 aromatic carbocycles. The number of nitrogens with zero attached hydrogens (tertiary/aromatic N) is 2. The summed E-state index contributed by atoms with van der Waals surface area (Å²) in [7, 11) is 0. The van der Waals surface area contributed by atoms with Crippen molar-refractivity contribution in [1.82, 2.24) is 9.80 Å². The zero-order valence-corrected chi connectivity index (χ0v) is 20.1. The van der Waals surface area contributed by atoms with Crippen LogP contribution in [0.4, 0.5) is 0 Å². The zero-order valence-electron chi connectivity index (χ0n) is 19.4. The van der Waals surface area contributed by atoms with Crippen LogP contribution in [0.3, 0.4) is 0 Å². The summed E-state index contributed by atoms with van der Waals surface area (Å²) >= 11 is 5.97. The monoisotopic (exact) mass is 454 g/mol. The molecule has 0 unspecified atom stereocenters. The van der Waals surface area contributed by atoms with Crippen molar-refractivity contribution >= 4 is 17.5 Å². The lowest BCUT2D eigenvalue weighted by atomic mass is 9.77. The maximum Gasteiger partial charge on any atom is 0.227 e. The van der Waals surface area contributed by atoms with Crippen LogP contribution in [0.25, 0.3) is 0 Å². The lowest BCUT2D eigenvalue weighted by Crippen LogP contribution is -2.42. The molecule has 0 radical (unpaired) electrons. The minimum absolute atomic E-state index is 0.239. The molecule has 0 aliphatic carbocycles. The molecule has 2 aliphatic heterocycles. The fraction of sp³-hybridized carbons (Fsp3) is 0.519. The molecule has 0 N–H and O–H groups in total. The first-order valence-corrected chi connectivity index (χ1v) is 12.3. The number of ether oxygens (including phenoxy) is 1. The Hall–Kier alpha value is -2.04. The van der Waals surface area contributed by atoms with E-state index in [4.69, 9.17) is 16.3 Å². The van der Waals surface area contributed by atoms with E-state index >= 15 is 0 Å². The minimum atomic E-state index is 0.239. The number of rotatable bonds is 7. The molecule has 5 heteroatoms. The van der Waals surface area contributed by atoms with Crippen LogP contribution in [-0.4, -0.2) is 48.5 Å². The third-order valence-electron chi connectivity index (χ3n) is 6.92. The quantitative estimate of drug-likeness (QED) is 0.559. The topological polar surface area (TPSA) is 32.8 Å². The molecule has 4 nitrogen and oxygen atoms in total. The summed E-state index contributed by atoms with van der Waals surface area (Å²) < 4.78 is 6.05. The standard InChI is InChI=1S/C27H35ClN2O2/c1-21(2)19-32-25-6-4-3-5-23(25)18-29-14-11-27(12-15-29)13-16-30(20-27)26(31)17-22-7-9-24(28)10-8-22/h3-10,21H,11-20H2,1-2H3. The summed E-state index contributed by atoms with van der Waals surface area (Å²) in [5.74, 6) is 1.77. The van der Waals surface area contributed by atoms with E-state index in [1.165, 1.54) is 5.56 Å². The number of halogens is 1. The first-order valence-electron chi connectivity index (χ1n) is 11.9. The van der Waals surface area contributed by atoms with Gasteiger partial charge in [0.25, 0.3) is 0 Å². The number of likely N-dealkylation sites (tertiary alicyclic amines) is 2. The van der Waals surface area contributed by atoms with E-state index in [1.54, 1.807) is 0 Å². The van der Waals surface area contributed by atoms with Crippen LogP contribution in [0.1, 0.15) is 44.2 Å². The summed E-state index contributed by atoms with van der Waals surface area (Å²) in [5.41, 5.74) is 2.60. The van der Waals surface area contributed by atoms with Gasteiger partial charge in [-0.2, -0.15) is 0 Å². The Bertz CT molecular complexity index is 904. The van der Waals surface area contributed by atoms with Gasteiger partial charge < -0.3 is 9.64 Å². The van der Waals surface area contributed by atoms with Crippen molar-refractivity contribution in [1.29, 1.82) is 0 Å². The highest BCUT2D eigenvalue weighted by Gasteiger charge is 2.41. The Kier molecular flexibility index (Phi) is 7.42. The van der Waals surface area contributed by atoms with E-state index in [0.717, 1.165) is 69.9 Å². The van der Waals surface area contributed by atoms with Gasteiger partial charge in [0, 0.05) is 30.2 Å². The van der Waals surface area contributed by atoms with Gasteiger partial charge >= 0.3 is 0 Å². The number of carbonyl (C=O) groups excluding carboxylic acids is 1. The van der Waals surface area contributed by atoms with Gasteiger partial charge in [0.05, 0.1) is 13.0 Å². The molecular weight excluding hydrogens is 420 g/mol. The second-order valence-corrected chi connectivity index (χ2v) is 10.4. The van der Waals surface area contributed by atoms with Crippen molar-refractivity contribution in [3.8, 4) is 5.75 Å². The van der Waals surface area contributed by atoms with Gasteiger partial charge in [-0.3, -0.25) is 9.69 Å². The predicted molar refractivity (Wildman–Crippen MR) is 130 cm³/mol. The number of amides is 1. The van der Waals surface area contributed by atoms with Crippen LogP contribution in [0, 0.1) is 11.3 Å². The molecule has 0 atom stereocenters. The number of para-hydroxylation sites is 1. The molecule has 2 aliphatic rings. The van der Waals surface area contributed by atoms with E-state index in [0.29, 0.717) is 22.8 Å². The summed E-state index contributed by atoms with van der Waals surface area (Å²) in [4.78, 5) is 17.5. The number of hydrogen-bond donors (Lipinski definition) is 0. The molecule has 2 fully saturated rings. The van der Waals surface area contributed by atoms with Crippen LogP contribution in [0.5, 0.6) is 5.75 Å². The third-order valence-corrected chi connectivity index (χ3v) is 7.17. The molecule has 2 saturated heterocycles. The first-order chi connectivity index (χ1) is 15.4. The molecule has 1 spiro atoms. The maximum atomic E-state index is 12.8. The van der Waals surface area contributed by atoms with Crippen LogP contribution >= 0.6 is 11.6 Å². The highest BCUT2D eigenvalue weighted by molar-refractivity contribution is 6.30. The smallest absolute Gasteiger partial charge is 0.227 e. The van der Waals surface area contributed by atoms with Crippen molar-refractivity contribution in [3.63, 3.8) is 0 Å². The fourth-order valence-electron chi connectivity index (χ4n) is 4.90. The number of benzene rings is 2. The van der Waals surface area contributed by atoms with Gasteiger partial charge in [0.15, 0.2) is 0 Å². The SMILES string of the molecule is CC(C)COc1ccccc1CN1CCC2(CC1)CCN(C(=O)Cc1ccc(Cl)cc1)C2. The van der Waals surface area contributed by atoms with Gasteiger partial charge in [-0.1, -0.05) is 55.8 Å². The molecule has 2 heterocycles. The normalized spacial score (nSPS) is 18.4. The molecular formula is C27H35ClN2O2. The molecule has 2 aromatic rings. The van der Waals surface area contributed by atoms with E-state index in [9.17, 15) is 4.79 Å². The zero-order chi connectivity index (χ0) is 22.6. The molecule has 1 amide bonds. The van der Waals surface area contributed by atoms with Gasteiger partial charge in [-0.05, 0) is 67.4 Å². The van der Waals surface area contributed by atoms with Crippen molar-refractivity contribution in [2.45, 2.75) is 46.1 Å². The van der Waals surface area contributed by atoms with E-state index in [2.05, 4.69) is 47.9 Å². The molecule has 4 rings (SSSR count). The largest absolute Gasteiger partial charge is 0.493 e.